The average molecular weight is 531 g/mol. The van der Waals surface area contributed by atoms with E-state index < -0.39 is 22.2 Å². The molecule has 4 rings (SSSR count). The van der Waals surface area contributed by atoms with E-state index in [1.54, 1.807) is 0 Å². The lowest BCUT2D eigenvalue weighted by Gasteiger charge is -2.68. The van der Waals surface area contributed by atoms with Crippen molar-refractivity contribution in [2.45, 2.75) is 106 Å². The first-order chi connectivity index (χ1) is 17.4. The lowest BCUT2D eigenvalue weighted by Crippen LogP contribution is -2.62. The van der Waals surface area contributed by atoms with Crippen molar-refractivity contribution < 1.29 is 29.0 Å². The van der Waals surface area contributed by atoms with Gasteiger partial charge >= 0.3 is 17.9 Å². The lowest BCUT2D eigenvalue weighted by atomic mass is 9.35. The molecule has 0 heterocycles. The third kappa shape index (κ3) is 3.98. The number of allylic oxidation sites excluding steroid dienone is 2. The number of carbonyl (C=O) groups excluding carboxylic acids is 2. The van der Waals surface area contributed by atoms with Crippen molar-refractivity contribution in [1.29, 1.82) is 0 Å². The molecule has 38 heavy (non-hydrogen) atoms. The van der Waals surface area contributed by atoms with Crippen LogP contribution in [-0.2, 0) is 23.9 Å². The summed E-state index contributed by atoms with van der Waals surface area (Å²) in [4.78, 5) is 38.8. The van der Waals surface area contributed by atoms with Gasteiger partial charge in [0.05, 0.1) is 31.5 Å². The van der Waals surface area contributed by atoms with Gasteiger partial charge in [0.25, 0.3) is 0 Å². The molecule has 3 saturated carbocycles. The van der Waals surface area contributed by atoms with Gasteiger partial charge in [-0.1, -0.05) is 46.3 Å². The smallest absolute Gasteiger partial charge is 0.311 e. The zero-order valence-corrected chi connectivity index (χ0v) is 25.2. The van der Waals surface area contributed by atoms with Crippen molar-refractivity contribution in [2.24, 2.45) is 50.2 Å². The molecule has 6 nitrogen and oxygen atoms in total. The van der Waals surface area contributed by atoms with Crippen LogP contribution in [0.25, 0.3) is 0 Å². The van der Waals surface area contributed by atoms with E-state index in [2.05, 4.69) is 40.7 Å². The van der Waals surface area contributed by atoms with Gasteiger partial charge in [-0.15, -0.1) is 0 Å². The SMILES string of the molecule is COC(=O)C[C@]1(C)[C@H]2CC[C@]3(C)C(=CC[C@@]4(C(=O)O)CCC(C)(C)C[C@@H]43)[C@]2(C)CC[C@H]1C(C)(C)C(=O)OC. The Labute approximate surface area is 229 Å². The van der Waals surface area contributed by atoms with Gasteiger partial charge in [0.2, 0.25) is 0 Å². The molecular formula is C32H50O6. The number of rotatable bonds is 5. The van der Waals surface area contributed by atoms with Crippen LogP contribution in [0.4, 0.5) is 0 Å². The van der Waals surface area contributed by atoms with Gasteiger partial charge in [0.1, 0.15) is 0 Å². The molecule has 0 unspecified atom stereocenters. The van der Waals surface area contributed by atoms with Crippen LogP contribution in [0.5, 0.6) is 0 Å². The van der Waals surface area contributed by atoms with Crippen molar-refractivity contribution in [3.8, 4) is 0 Å². The zero-order valence-electron chi connectivity index (χ0n) is 25.2. The first-order valence-electron chi connectivity index (χ1n) is 14.5. The number of aliphatic carboxylic acids is 1. The summed E-state index contributed by atoms with van der Waals surface area (Å²) in [6, 6.07) is 0. The van der Waals surface area contributed by atoms with Crippen molar-refractivity contribution in [2.75, 3.05) is 14.2 Å². The molecule has 6 heteroatoms. The number of hydrogen-bond acceptors (Lipinski definition) is 5. The van der Waals surface area contributed by atoms with Gasteiger partial charge in [-0.25, -0.2) is 0 Å². The minimum atomic E-state index is -0.744. The summed E-state index contributed by atoms with van der Waals surface area (Å²) < 4.78 is 10.4. The fourth-order valence-corrected chi connectivity index (χ4v) is 10.5. The number of esters is 2. The summed E-state index contributed by atoms with van der Waals surface area (Å²) in [7, 11) is 2.88. The first kappa shape index (κ1) is 29.1. The maximum atomic E-state index is 13.0. The Balaban J connectivity index is 1.84. The molecule has 0 aromatic carbocycles. The van der Waals surface area contributed by atoms with Gasteiger partial charge in [0.15, 0.2) is 0 Å². The quantitative estimate of drug-likeness (QED) is 0.310. The summed E-state index contributed by atoms with van der Waals surface area (Å²) in [5.41, 5.74) is -0.753. The second-order valence-electron chi connectivity index (χ2n) is 15.2. The van der Waals surface area contributed by atoms with Gasteiger partial charge in [-0.2, -0.15) is 0 Å². The van der Waals surface area contributed by atoms with Crippen LogP contribution in [0, 0.1) is 50.2 Å². The van der Waals surface area contributed by atoms with E-state index in [0.29, 0.717) is 6.42 Å². The van der Waals surface area contributed by atoms with E-state index in [0.717, 1.165) is 44.9 Å². The predicted octanol–water partition coefficient (Wildman–Crippen LogP) is 6.82. The van der Waals surface area contributed by atoms with E-state index in [1.165, 1.54) is 19.8 Å². The molecular weight excluding hydrogens is 480 g/mol. The molecule has 0 bridgehead atoms. The van der Waals surface area contributed by atoms with Crippen LogP contribution < -0.4 is 0 Å². The molecule has 0 aromatic heterocycles. The van der Waals surface area contributed by atoms with Gasteiger partial charge < -0.3 is 14.6 Å². The number of carbonyl (C=O) groups is 3. The summed E-state index contributed by atoms with van der Waals surface area (Å²) in [5.74, 6) is -0.904. The Bertz CT molecular complexity index is 1040. The zero-order chi connectivity index (χ0) is 28.5. The van der Waals surface area contributed by atoms with Crippen LogP contribution in [-0.4, -0.2) is 37.2 Å². The Kier molecular flexibility index (Phi) is 6.97. The van der Waals surface area contributed by atoms with E-state index in [-0.39, 0.29) is 52.4 Å². The molecule has 7 atom stereocenters. The second-order valence-corrected chi connectivity index (χ2v) is 15.2. The Morgan fingerprint density at radius 2 is 1.53 bits per heavy atom. The van der Waals surface area contributed by atoms with Crippen LogP contribution in [0.3, 0.4) is 0 Å². The highest BCUT2D eigenvalue weighted by molar-refractivity contribution is 5.77. The highest BCUT2D eigenvalue weighted by Crippen LogP contribution is 2.74. The first-order valence-corrected chi connectivity index (χ1v) is 14.5. The maximum absolute atomic E-state index is 13.0. The summed E-state index contributed by atoms with van der Waals surface area (Å²) in [5, 5.41) is 10.6. The van der Waals surface area contributed by atoms with Crippen LogP contribution in [0.15, 0.2) is 11.6 Å². The molecule has 4 aliphatic carbocycles. The summed E-state index contributed by atoms with van der Waals surface area (Å²) >= 11 is 0. The van der Waals surface area contributed by atoms with E-state index in [4.69, 9.17) is 9.47 Å². The Morgan fingerprint density at radius 3 is 2.11 bits per heavy atom. The molecule has 0 spiro atoms. The molecule has 4 aliphatic rings. The highest BCUT2D eigenvalue weighted by atomic mass is 16.5. The second kappa shape index (κ2) is 9.09. The van der Waals surface area contributed by atoms with Crippen LogP contribution in [0.1, 0.15) is 106 Å². The van der Waals surface area contributed by atoms with Gasteiger partial charge in [0, 0.05) is 0 Å². The molecule has 3 fully saturated rings. The van der Waals surface area contributed by atoms with Crippen molar-refractivity contribution in [1.82, 2.24) is 0 Å². The van der Waals surface area contributed by atoms with Crippen molar-refractivity contribution in [3.63, 3.8) is 0 Å². The van der Waals surface area contributed by atoms with Gasteiger partial charge in [-0.3, -0.25) is 14.4 Å². The minimum Gasteiger partial charge on any atom is -0.481 e. The molecule has 0 aromatic rings. The lowest BCUT2D eigenvalue weighted by molar-refractivity contribution is -0.183. The molecule has 1 N–H and O–H groups in total. The third-order valence-corrected chi connectivity index (χ3v) is 12.4. The number of fused-ring (bicyclic) bond motifs is 5. The molecule has 0 aliphatic heterocycles. The molecule has 0 radical (unpaired) electrons. The number of hydrogen-bond donors (Lipinski definition) is 1. The fraction of sp³-hybridized carbons (Fsp3) is 0.844. The largest absolute Gasteiger partial charge is 0.481 e. The summed E-state index contributed by atoms with van der Waals surface area (Å²) in [6.45, 7) is 15.4. The normalized spacial score (nSPS) is 42.0. The number of ether oxygens (including phenoxy) is 2. The molecule has 214 valence electrons. The van der Waals surface area contributed by atoms with Gasteiger partial charge in [-0.05, 0) is 105 Å². The van der Waals surface area contributed by atoms with Crippen LogP contribution >= 0.6 is 0 Å². The summed E-state index contributed by atoms with van der Waals surface area (Å²) in [6.07, 6.45) is 9.26. The maximum Gasteiger partial charge on any atom is 0.311 e. The van der Waals surface area contributed by atoms with Crippen molar-refractivity contribution >= 4 is 17.9 Å². The molecule has 0 amide bonds. The number of carboxylic acid groups (broad SMARTS) is 1. The number of carboxylic acids is 1. The standard InChI is InChI=1S/C32H50O6/c1-27(2)16-17-32(25(34)35)15-12-21-29(5)13-10-20(28(3,4)26(36)38-9)31(7,19-24(33)37-8)22(29)11-14-30(21,6)23(32)18-27/h12,20,22-23H,10-11,13-19H2,1-9H3,(H,34,35)/t20-,22-,23+,29-,30+,31-,32+/m0/s1. The fourth-order valence-electron chi connectivity index (χ4n) is 10.5. The minimum absolute atomic E-state index is 0.0418. The van der Waals surface area contributed by atoms with E-state index >= 15 is 0 Å². The van der Waals surface area contributed by atoms with E-state index in [1.807, 2.05) is 13.8 Å². The Hall–Kier alpha value is -1.85. The third-order valence-electron chi connectivity index (χ3n) is 12.4. The monoisotopic (exact) mass is 530 g/mol. The predicted molar refractivity (Wildman–Crippen MR) is 146 cm³/mol. The average Bonchev–Trinajstić information content (AvgIpc) is 2.82. The number of methoxy groups -OCH3 is 2. The highest BCUT2D eigenvalue weighted by Gasteiger charge is 2.68. The topological polar surface area (TPSA) is 89.9 Å². The van der Waals surface area contributed by atoms with E-state index in [9.17, 15) is 19.5 Å². The molecule has 0 saturated heterocycles. The Morgan fingerprint density at radius 1 is 0.921 bits per heavy atom. The van der Waals surface area contributed by atoms with Crippen LogP contribution in [0.2, 0.25) is 0 Å². The van der Waals surface area contributed by atoms with Crippen molar-refractivity contribution in [3.05, 3.63) is 11.6 Å².